The van der Waals surface area contributed by atoms with Gasteiger partial charge in [0.25, 0.3) is 5.88 Å². The van der Waals surface area contributed by atoms with Crippen LogP contribution in [0.15, 0.2) is 27.7 Å². The van der Waals surface area contributed by atoms with E-state index in [1.807, 2.05) is 0 Å². The van der Waals surface area contributed by atoms with Crippen LogP contribution in [-0.4, -0.2) is 15.3 Å². The van der Waals surface area contributed by atoms with E-state index >= 15 is 0 Å². The van der Waals surface area contributed by atoms with Crippen molar-refractivity contribution in [3.8, 4) is 12.3 Å². The molecular formula is C11H8ClN3O2S. The van der Waals surface area contributed by atoms with Crippen molar-refractivity contribution >= 4 is 29.4 Å². The molecule has 0 spiro atoms. The third-order valence-electron chi connectivity index (χ3n) is 2.04. The van der Waals surface area contributed by atoms with Crippen LogP contribution in [0.2, 0.25) is 5.02 Å². The molecule has 0 bridgehead atoms. The van der Waals surface area contributed by atoms with Crippen LogP contribution in [0, 0.1) is 19.3 Å². The molecule has 0 radical (unpaired) electrons. The first kappa shape index (κ1) is 12.8. The maximum absolute atomic E-state index is 9.87. The number of hydrogen-bond acceptors (Lipinski definition) is 6. The van der Waals surface area contributed by atoms with E-state index < -0.39 is 0 Å². The van der Waals surface area contributed by atoms with Gasteiger partial charge in [-0.15, -0.1) is 6.42 Å². The van der Waals surface area contributed by atoms with E-state index in [0.717, 1.165) is 16.4 Å². The van der Waals surface area contributed by atoms with Crippen molar-refractivity contribution in [2.75, 3.05) is 4.47 Å². The molecule has 0 saturated heterocycles. The van der Waals surface area contributed by atoms with Crippen molar-refractivity contribution in [1.29, 1.82) is 0 Å². The van der Waals surface area contributed by atoms with Gasteiger partial charge >= 0.3 is 0 Å². The minimum atomic E-state index is 0.0472. The normalized spacial score (nSPS) is 10.1. The zero-order valence-corrected chi connectivity index (χ0v) is 10.9. The van der Waals surface area contributed by atoms with E-state index in [9.17, 15) is 5.21 Å². The average molecular weight is 282 g/mol. The lowest BCUT2D eigenvalue weighted by Gasteiger charge is -2.12. The summed E-state index contributed by atoms with van der Waals surface area (Å²) in [6, 6.07) is 3.44. The Morgan fingerprint density at radius 2 is 2.39 bits per heavy atom. The van der Waals surface area contributed by atoms with Gasteiger partial charge in [0.15, 0.2) is 0 Å². The van der Waals surface area contributed by atoms with Crippen LogP contribution in [0.4, 0.5) is 5.88 Å². The van der Waals surface area contributed by atoms with Crippen LogP contribution in [0.5, 0.6) is 0 Å². The number of aromatic nitrogens is 2. The Labute approximate surface area is 113 Å². The van der Waals surface area contributed by atoms with Gasteiger partial charge in [-0.1, -0.05) is 16.8 Å². The second kappa shape index (κ2) is 5.31. The molecule has 0 saturated carbocycles. The smallest absolute Gasteiger partial charge is 0.280 e. The third-order valence-corrected chi connectivity index (χ3v) is 3.34. The monoisotopic (exact) mass is 281 g/mol. The fourth-order valence-electron chi connectivity index (χ4n) is 1.17. The molecule has 0 aliphatic carbocycles. The van der Waals surface area contributed by atoms with Gasteiger partial charge in [-0.05, 0) is 25.0 Å². The first-order chi connectivity index (χ1) is 8.63. The van der Waals surface area contributed by atoms with Gasteiger partial charge in [0.2, 0.25) is 0 Å². The molecule has 2 heterocycles. The third kappa shape index (κ3) is 2.43. The van der Waals surface area contributed by atoms with Crippen molar-refractivity contribution < 1.29 is 9.73 Å². The second-order valence-corrected chi connectivity index (χ2v) is 4.59. The Morgan fingerprint density at radius 1 is 1.61 bits per heavy atom. The molecule has 18 heavy (non-hydrogen) atoms. The van der Waals surface area contributed by atoms with E-state index in [-0.39, 0.29) is 10.9 Å². The summed E-state index contributed by atoms with van der Waals surface area (Å²) in [5, 5.41) is 13.8. The second-order valence-electron chi connectivity index (χ2n) is 3.25. The van der Waals surface area contributed by atoms with Crippen LogP contribution < -0.4 is 4.47 Å². The number of rotatable bonds is 3. The van der Waals surface area contributed by atoms with Crippen molar-refractivity contribution in [2.45, 2.75) is 11.8 Å². The molecule has 92 valence electrons. The van der Waals surface area contributed by atoms with Gasteiger partial charge in [-0.2, -0.15) is 4.47 Å². The van der Waals surface area contributed by atoms with E-state index in [1.54, 1.807) is 25.3 Å². The molecule has 5 nitrogen and oxygen atoms in total. The molecule has 1 N–H and O–H groups in total. The molecular weight excluding hydrogens is 274 g/mol. The predicted molar refractivity (Wildman–Crippen MR) is 68.5 cm³/mol. The van der Waals surface area contributed by atoms with Gasteiger partial charge < -0.3 is 4.52 Å². The van der Waals surface area contributed by atoms with Crippen molar-refractivity contribution in [3.05, 3.63) is 34.7 Å². The average Bonchev–Trinajstić information content (AvgIpc) is 2.71. The van der Waals surface area contributed by atoms with E-state index in [2.05, 4.69) is 16.1 Å². The lowest BCUT2D eigenvalue weighted by Crippen LogP contribution is -2.07. The Kier molecular flexibility index (Phi) is 3.77. The van der Waals surface area contributed by atoms with Crippen LogP contribution in [0.1, 0.15) is 11.4 Å². The Hall–Kier alpha value is -1.68. The molecule has 2 rings (SSSR count). The molecule has 0 atom stereocenters. The number of aryl methyl sites for hydroxylation is 1. The summed E-state index contributed by atoms with van der Waals surface area (Å²) in [6.45, 7) is 1.67. The predicted octanol–water partition coefficient (Wildman–Crippen LogP) is 2.92. The number of anilines is 1. The minimum Gasteiger partial charge on any atom is -0.334 e. The van der Waals surface area contributed by atoms with E-state index in [1.165, 1.54) is 0 Å². The highest BCUT2D eigenvalue weighted by atomic mass is 35.5. The Balaban J connectivity index is 2.24. The van der Waals surface area contributed by atoms with Crippen molar-refractivity contribution in [2.24, 2.45) is 0 Å². The maximum Gasteiger partial charge on any atom is 0.280 e. The van der Waals surface area contributed by atoms with Crippen LogP contribution in [-0.2, 0) is 0 Å². The van der Waals surface area contributed by atoms with Gasteiger partial charge in [0.05, 0.1) is 4.90 Å². The summed E-state index contributed by atoms with van der Waals surface area (Å²) in [5.74, 6) is 2.47. The minimum absolute atomic E-state index is 0.0472. The Bertz CT molecular complexity index is 609. The molecule has 0 aromatic carbocycles. The number of nitrogens with zero attached hydrogens (tertiary/aromatic N) is 3. The molecule has 0 fully saturated rings. The number of terminal acetylenes is 1. The molecule has 2 aromatic rings. The zero-order chi connectivity index (χ0) is 13.1. The highest BCUT2D eigenvalue weighted by Crippen LogP contribution is 2.34. The Morgan fingerprint density at radius 3 is 3.00 bits per heavy atom. The first-order valence-corrected chi connectivity index (χ1v) is 5.99. The lowest BCUT2D eigenvalue weighted by atomic mass is 10.4. The molecule has 0 unspecified atom stereocenters. The van der Waals surface area contributed by atoms with Gasteiger partial charge in [0.1, 0.15) is 16.4 Å². The van der Waals surface area contributed by atoms with E-state index in [0.29, 0.717) is 16.3 Å². The summed E-state index contributed by atoms with van der Waals surface area (Å²) in [7, 11) is 0. The highest BCUT2D eigenvalue weighted by molar-refractivity contribution is 8.00. The quantitative estimate of drug-likeness (QED) is 0.530. The lowest BCUT2D eigenvalue weighted by molar-refractivity contribution is 0.290. The number of pyridine rings is 1. The summed E-state index contributed by atoms with van der Waals surface area (Å²) < 4.78 is 5.67. The van der Waals surface area contributed by atoms with Crippen LogP contribution in [0.25, 0.3) is 0 Å². The largest absolute Gasteiger partial charge is 0.334 e. The van der Waals surface area contributed by atoms with Gasteiger partial charge in [-0.3, -0.25) is 5.21 Å². The summed E-state index contributed by atoms with van der Waals surface area (Å²) in [6.07, 6.45) is 6.89. The van der Waals surface area contributed by atoms with Gasteiger partial charge in [-0.25, -0.2) is 4.98 Å². The number of hydrogen-bond donors (Lipinski definition) is 1. The first-order valence-electron chi connectivity index (χ1n) is 4.84. The zero-order valence-electron chi connectivity index (χ0n) is 9.29. The molecule has 2 aromatic heterocycles. The van der Waals surface area contributed by atoms with Crippen molar-refractivity contribution in [1.82, 2.24) is 10.1 Å². The SMILES string of the molecule is C#Cc1ncccc1SN(O)c1onc(C)c1Cl. The van der Waals surface area contributed by atoms with Crippen LogP contribution in [0.3, 0.4) is 0 Å². The number of halogens is 1. The standard InChI is InChI=1S/C11H8ClN3O2S/c1-3-8-9(5-4-6-13-8)18-15(16)11-10(12)7(2)14-17-11/h1,4-6,16H,2H3. The summed E-state index contributed by atoms with van der Waals surface area (Å²) in [4.78, 5) is 4.60. The summed E-state index contributed by atoms with van der Waals surface area (Å²) in [5.41, 5.74) is 0.920. The molecule has 0 amide bonds. The molecule has 0 aliphatic heterocycles. The molecule has 7 heteroatoms. The molecule has 0 aliphatic rings. The van der Waals surface area contributed by atoms with Crippen molar-refractivity contribution in [3.63, 3.8) is 0 Å². The van der Waals surface area contributed by atoms with Crippen LogP contribution >= 0.6 is 23.5 Å². The van der Waals surface area contributed by atoms with E-state index in [4.69, 9.17) is 22.5 Å². The fraction of sp³-hybridized carbons (Fsp3) is 0.0909. The topological polar surface area (TPSA) is 62.4 Å². The fourth-order valence-corrected chi connectivity index (χ4v) is 2.10. The van der Waals surface area contributed by atoms with Gasteiger partial charge in [0, 0.05) is 18.1 Å². The highest BCUT2D eigenvalue weighted by Gasteiger charge is 2.19. The maximum atomic E-state index is 9.87. The summed E-state index contributed by atoms with van der Waals surface area (Å²) >= 11 is 6.86.